The summed E-state index contributed by atoms with van der Waals surface area (Å²) in [5, 5.41) is 6.37. The number of hydrogen-bond acceptors (Lipinski definition) is 2. The quantitative estimate of drug-likeness (QED) is 0.659. The van der Waals surface area contributed by atoms with E-state index in [-0.39, 0.29) is 10.7 Å². The van der Waals surface area contributed by atoms with Gasteiger partial charge in [0.1, 0.15) is 0 Å². The molecule has 0 spiro atoms. The Labute approximate surface area is 67.2 Å². The summed E-state index contributed by atoms with van der Waals surface area (Å²) in [5.74, 6) is -2.95. The van der Waals surface area contributed by atoms with Gasteiger partial charge in [-0.1, -0.05) is 11.6 Å². The van der Waals surface area contributed by atoms with Crippen LogP contribution < -0.4 is 0 Å². The average molecular weight is 179 g/mol. The van der Waals surface area contributed by atoms with Crippen molar-refractivity contribution in [3.63, 3.8) is 0 Å². The Kier molecular flexibility index (Phi) is 2.04. The van der Waals surface area contributed by atoms with Crippen LogP contribution in [-0.2, 0) is 5.92 Å². The molecule has 2 nitrogen and oxygen atoms in total. The molecule has 0 aromatic carbocycles. The fraction of sp³-hybridized carbons (Fsp3) is 0.333. The molecule has 11 heavy (non-hydrogen) atoms. The van der Waals surface area contributed by atoms with E-state index in [9.17, 15) is 8.78 Å². The molecule has 0 aliphatic carbocycles. The highest BCUT2D eigenvalue weighted by atomic mass is 35.5. The van der Waals surface area contributed by atoms with Gasteiger partial charge in [0.2, 0.25) is 0 Å². The lowest BCUT2D eigenvalue weighted by molar-refractivity contribution is 0.0171. The molecule has 0 aliphatic rings. The van der Waals surface area contributed by atoms with Crippen LogP contribution in [0.2, 0.25) is 5.15 Å². The van der Waals surface area contributed by atoms with Crippen molar-refractivity contribution in [2.45, 2.75) is 12.8 Å². The zero-order valence-electron chi connectivity index (χ0n) is 5.68. The van der Waals surface area contributed by atoms with Crippen molar-refractivity contribution in [1.82, 2.24) is 10.2 Å². The molecule has 0 amide bonds. The average Bonchev–Trinajstić information content (AvgIpc) is 1.86. The highest BCUT2D eigenvalue weighted by Gasteiger charge is 2.27. The van der Waals surface area contributed by atoms with Gasteiger partial charge in [0.15, 0.2) is 5.15 Å². The zero-order valence-corrected chi connectivity index (χ0v) is 6.44. The molecule has 0 saturated heterocycles. The summed E-state index contributed by atoms with van der Waals surface area (Å²) >= 11 is 5.36. The molecule has 0 fully saturated rings. The Bertz CT molecular complexity index is 259. The molecular weight excluding hydrogens is 174 g/mol. The standard InChI is InChI=1S/C6H5ClF2N2/c1-6(8,9)4-2-3-10-11-5(4)7/h2-3H,1H3. The molecule has 0 atom stereocenters. The number of halogens is 3. The fourth-order valence-electron chi connectivity index (χ4n) is 0.642. The van der Waals surface area contributed by atoms with E-state index >= 15 is 0 Å². The molecule has 0 aliphatic heterocycles. The molecule has 0 unspecified atom stereocenters. The van der Waals surface area contributed by atoms with Crippen LogP contribution in [0.1, 0.15) is 12.5 Å². The third-order valence-corrected chi connectivity index (χ3v) is 1.43. The number of hydrogen-bond donors (Lipinski definition) is 0. The third-order valence-electron chi connectivity index (χ3n) is 1.15. The van der Waals surface area contributed by atoms with Crippen molar-refractivity contribution in [3.8, 4) is 0 Å². The van der Waals surface area contributed by atoms with Crippen molar-refractivity contribution in [3.05, 3.63) is 23.0 Å². The maximum Gasteiger partial charge on any atom is 0.273 e. The molecular formula is C6H5ClF2N2. The highest BCUT2D eigenvalue weighted by Crippen LogP contribution is 2.30. The molecule has 1 aromatic rings. The Morgan fingerprint density at radius 2 is 2.18 bits per heavy atom. The van der Waals surface area contributed by atoms with Crippen molar-refractivity contribution < 1.29 is 8.78 Å². The monoisotopic (exact) mass is 178 g/mol. The predicted octanol–water partition coefficient (Wildman–Crippen LogP) is 2.24. The van der Waals surface area contributed by atoms with Crippen molar-refractivity contribution in [2.75, 3.05) is 0 Å². The van der Waals surface area contributed by atoms with Crippen LogP contribution in [0.25, 0.3) is 0 Å². The second-order valence-corrected chi connectivity index (χ2v) is 2.48. The summed E-state index contributed by atoms with van der Waals surface area (Å²) < 4.78 is 25.1. The first kappa shape index (κ1) is 8.33. The summed E-state index contributed by atoms with van der Waals surface area (Å²) in [5.41, 5.74) is -0.297. The molecule has 0 bridgehead atoms. The zero-order chi connectivity index (χ0) is 8.48. The summed E-state index contributed by atoms with van der Waals surface area (Å²) in [7, 11) is 0. The van der Waals surface area contributed by atoms with Crippen LogP contribution in [-0.4, -0.2) is 10.2 Å². The molecule has 1 rings (SSSR count). The summed E-state index contributed by atoms with van der Waals surface area (Å²) in [6.07, 6.45) is 1.18. The lowest BCUT2D eigenvalue weighted by Gasteiger charge is -2.09. The Balaban J connectivity index is 3.14. The van der Waals surface area contributed by atoms with Crippen LogP contribution in [0.15, 0.2) is 12.3 Å². The van der Waals surface area contributed by atoms with E-state index in [4.69, 9.17) is 11.6 Å². The van der Waals surface area contributed by atoms with Crippen LogP contribution >= 0.6 is 11.6 Å². The number of alkyl halides is 2. The lowest BCUT2D eigenvalue weighted by atomic mass is 10.2. The Hall–Kier alpha value is -0.770. The van der Waals surface area contributed by atoms with E-state index in [1.165, 1.54) is 6.20 Å². The van der Waals surface area contributed by atoms with Gasteiger partial charge in [-0.3, -0.25) is 0 Å². The molecule has 0 N–H and O–H groups in total. The van der Waals surface area contributed by atoms with E-state index in [0.29, 0.717) is 0 Å². The van der Waals surface area contributed by atoms with Gasteiger partial charge in [-0.05, 0) is 6.07 Å². The van der Waals surface area contributed by atoms with Crippen LogP contribution in [0.4, 0.5) is 8.78 Å². The maximum absolute atomic E-state index is 12.6. The molecule has 60 valence electrons. The van der Waals surface area contributed by atoms with Gasteiger partial charge in [-0.25, -0.2) is 8.78 Å². The van der Waals surface area contributed by atoms with Crippen molar-refractivity contribution >= 4 is 11.6 Å². The highest BCUT2D eigenvalue weighted by molar-refractivity contribution is 6.30. The Morgan fingerprint density at radius 1 is 1.55 bits per heavy atom. The lowest BCUT2D eigenvalue weighted by Crippen LogP contribution is -2.08. The van der Waals surface area contributed by atoms with Gasteiger partial charge in [0.25, 0.3) is 5.92 Å². The first-order valence-electron chi connectivity index (χ1n) is 2.87. The summed E-state index contributed by atoms with van der Waals surface area (Å²) in [6, 6.07) is 1.15. The minimum Gasteiger partial charge on any atom is -0.202 e. The smallest absolute Gasteiger partial charge is 0.202 e. The number of rotatable bonds is 1. The third kappa shape index (κ3) is 1.83. The number of aromatic nitrogens is 2. The van der Waals surface area contributed by atoms with E-state index in [2.05, 4.69) is 10.2 Å². The first-order valence-corrected chi connectivity index (χ1v) is 3.25. The number of nitrogens with zero attached hydrogens (tertiary/aromatic N) is 2. The van der Waals surface area contributed by atoms with Crippen LogP contribution in [0, 0.1) is 0 Å². The second-order valence-electron chi connectivity index (χ2n) is 2.12. The first-order chi connectivity index (χ1) is 5.02. The van der Waals surface area contributed by atoms with E-state index in [0.717, 1.165) is 13.0 Å². The molecule has 0 radical (unpaired) electrons. The maximum atomic E-state index is 12.6. The normalized spacial score (nSPS) is 11.6. The van der Waals surface area contributed by atoms with Crippen molar-refractivity contribution in [2.24, 2.45) is 0 Å². The molecule has 0 saturated carbocycles. The fourth-order valence-corrected chi connectivity index (χ4v) is 0.915. The topological polar surface area (TPSA) is 25.8 Å². The minimum atomic E-state index is -2.95. The predicted molar refractivity (Wildman–Crippen MR) is 36.6 cm³/mol. The van der Waals surface area contributed by atoms with Crippen LogP contribution in [0.5, 0.6) is 0 Å². The van der Waals surface area contributed by atoms with E-state index < -0.39 is 5.92 Å². The van der Waals surface area contributed by atoms with Crippen LogP contribution in [0.3, 0.4) is 0 Å². The van der Waals surface area contributed by atoms with Gasteiger partial charge < -0.3 is 0 Å². The SMILES string of the molecule is CC(F)(F)c1ccnnc1Cl. The minimum absolute atomic E-state index is 0.250. The van der Waals surface area contributed by atoms with Gasteiger partial charge in [0, 0.05) is 6.92 Å². The van der Waals surface area contributed by atoms with E-state index in [1.54, 1.807) is 0 Å². The van der Waals surface area contributed by atoms with Gasteiger partial charge >= 0.3 is 0 Å². The largest absolute Gasteiger partial charge is 0.273 e. The molecule has 5 heteroatoms. The molecule has 1 aromatic heterocycles. The van der Waals surface area contributed by atoms with E-state index in [1.807, 2.05) is 0 Å². The second kappa shape index (κ2) is 2.70. The Morgan fingerprint density at radius 3 is 2.55 bits per heavy atom. The van der Waals surface area contributed by atoms with Crippen molar-refractivity contribution in [1.29, 1.82) is 0 Å². The molecule has 1 heterocycles. The van der Waals surface area contributed by atoms with Gasteiger partial charge in [-0.15, -0.1) is 5.10 Å². The van der Waals surface area contributed by atoms with Gasteiger partial charge in [0.05, 0.1) is 11.8 Å². The van der Waals surface area contributed by atoms with Gasteiger partial charge in [-0.2, -0.15) is 5.10 Å². The summed E-state index contributed by atoms with van der Waals surface area (Å²) in [6.45, 7) is 0.760. The summed E-state index contributed by atoms with van der Waals surface area (Å²) in [4.78, 5) is 0.